The first kappa shape index (κ1) is 13.5. The summed E-state index contributed by atoms with van der Waals surface area (Å²) in [6.45, 7) is 0.0575. The van der Waals surface area contributed by atoms with Crippen LogP contribution in [0.25, 0.3) is 0 Å². The van der Waals surface area contributed by atoms with Crippen molar-refractivity contribution >= 4 is 5.91 Å². The first-order chi connectivity index (χ1) is 8.22. The largest absolute Gasteiger partial charge is 0.463 e. The maximum absolute atomic E-state index is 13.0. The Morgan fingerprint density at radius 1 is 0.944 bits per heavy atom. The number of carbonyl (C=O) groups excluding carboxylic acids is 1. The van der Waals surface area contributed by atoms with Gasteiger partial charge in [0.05, 0.1) is 0 Å². The molecule has 7 heteroatoms. The van der Waals surface area contributed by atoms with Gasteiger partial charge in [-0.2, -0.15) is 22.0 Å². The molecule has 2 fully saturated rings. The van der Waals surface area contributed by atoms with Gasteiger partial charge < -0.3 is 4.90 Å². The van der Waals surface area contributed by atoms with E-state index in [4.69, 9.17) is 0 Å². The molecule has 2 nitrogen and oxygen atoms in total. The first-order valence-electron chi connectivity index (χ1n) is 5.95. The minimum absolute atomic E-state index is 0.0288. The molecular formula is C11H14F5NO. The SMILES string of the molecule is O=C(N(CC1CC1)CC1CC1)C(F)(F)C(F)(F)F. The topological polar surface area (TPSA) is 20.3 Å². The second-order valence-corrected chi connectivity index (χ2v) is 5.17. The lowest BCUT2D eigenvalue weighted by molar-refractivity contribution is -0.274. The van der Waals surface area contributed by atoms with Crippen LogP contribution in [0.4, 0.5) is 22.0 Å². The number of nitrogens with zero attached hydrogens (tertiary/aromatic N) is 1. The fourth-order valence-electron chi connectivity index (χ4n) is 1.78. The minimum Gasteiger partial charge on any atom is -0.337 e. The van der Waals surface area contributed by atoms with Crippen LogP contribution in [-0.2, 0) is 4.79 Å². The van der Waals surface area contributed by atoms with Crippen molar-refractivity contribution in [3.8, 4) is 0 Å². The van der Waals surface area contributed by atoms with E-state index in [0.29, 0.717) is 4.90 Å². The average Bonchev–Trinajstić information content (AvgIpc) is 3.07. The summed E-state index contributed by atoms with van der Waals surface area (Å²) in [7, 11) is 0. The van der Waals surface area contributed by atoms with E-state index in [1.54, 1.807) is 0 Å². The highest BCUT2D eigenvalue weighted by atomic mass is 19.4. The highest BCUT2D eigenvalue weighted by molar-refractivity contribution is 5.84. The van der Waals surface area contributed by atoms with Crippen molar-refractivity contribution in [2.45, 2.75) is 37.8 Å². The van der Waals surface area contributed by atoms with Gasteiger partial charge in [0.25, 0.3) is 0 Å². The van der Waals surface area contributed by atoms with Crippen molar-refractivity contribution in [1.82, 2.24) is 4.90 Å². The number of hydrogen-bond acceptors (Lipinski definition) is 1. The van der Waals surface area contributed by atoms with Gasteiger partial charge in [0.1, 0.15) is 0 Å². The van der Waals surface area contributed by atoms with Gasteiger partial charge in [0.2, 0.25) is 0 Å². The van der Waals surface area contributed by atoms with Gasteiger partial charge in [0.15, 0.2) is 0 Å². The highest BCUT2D eigenvalue weighted by Gasteiger charge is 2.64. The lowest BCUT2D eigenvalue weighted by Crippen LogP contribution is -2.53. The van der Waals surface area contributed by atoms with Crippen molar-refractivity contribution < 1.29 is 26.7 Å². The molecule has 0 N–H and O–H groups in total. The zero-order valence-corrected chi connectivity index (χ0v) is 9.64. The summed E-state index contributed by atoms with van der Waals surface area (Å²) in [5.74, 6) is -7.17. The Bertz CT molecular complexity index is 319. The number of amides is 1. The third kappa shape index (κ3) is 2.92. The van der Waals surface area contributed by atoms with E-state index in [-0.39, 0.29) is 24.9 Å². The lowest BCUT2D eigenvalue weighted by Gasteiger charge is -2.28. The van der Waals surface area contributed by atoms with E-state index in [1.165, 1.54) is 0 Å². The van der Waals surface area contributed by atoms with Crippen LogP contribution < -0.4 is 0 Å². The number of hydrogen-bond donors (Lipinski definition) is 0. The maximum atomic E-state index is 13.0. The smallest absolute Gasteiger partial charge is 0.337 e. The molecule has 2 saturated carbocycles. The first-order valence-corrected chi connectivity index (χ1v) is 5.95. The fraction of sp³-hybridized carbons (Fsp3) is 0.909. The lowest BCUT2D eigenvalue weighted by atomic mass is 10.2. The number of carbonyl (C=O) groups is 1. The van der Waals surface area contributed by atoms with Crippen molar-refractivity contribution in [1.29, 1.82) is 0 Å². The van der Waals surface area contributed by atoms with Crippen LogP contribution in [0.5, 0.6) is 0 Å². The third-order valence-corrected chi connectivity index (χ3v) is 3.26. The van der Waals surface area contributed by atoms with Crippen molar-refractivity contribution in [2.24, 2.45) is 11.8 Å². The van der Waals surface area contributed by atoms with Crippen LogP contribution in [-0.4, -0.2) is 36.0 Å². The normalized spacial score (nSPS) is 20.9. The number of rotatable bonds is 5. The van der Waals surface area contributed by atoms with Crippen LogP contribution in [0.3, 0.4) is 0 Å². The van der Waals surface area contributed by atoms with Crippen molar-refractivity contribution in [2.75, 3.05) is 13.1 Å². The molecule has 0 bridgehead atoms. The van der Waals surface area contributed by atoms with Crippen LogP contribution in [0, 0.1) is 11.8 Å². The van der Waals surface area contributed by atoms with Gasteiger partial charge in [-0.1, -0.05) is 0 Å². The Morgan fingerprint density at radius 3 is 1.61 bits per heavy atom. The van der Waals surface area contributed by atoms with Gasteiger partial charge in [-0.15, -0.1) is 0 Å². The summed E-state index contributed by atoms with van der Waals surface area (Å²) in [4.78, 5) is 12.1. The molecule has 0 aromatic heterocycles. The number of alkyl halides is 5. The molecule has 0 aromatic rings. The Balaban J connectivity index is 2.05. The molecule has 0 heterocycles. The Morgan fingerprint density at radius 2 is 1.33 bits per heavy atom. The molecule has 2 aliphatic rings. The molecule has 0 aromatic carbocycles. The Kier molecular flexibility index (Phi) is 3.27. The Hall–Kier alpha value is -0.880. The zero-order chi connectivity index (χ0) is 13.6. The predicted molar refractivity (Wildman–Crippen MR) is 53.0 cm³/mol. The van der Waals surface area contributed by atoms with E-state index in [2.05, 4.69) is 0 Å². The van der Waals surface area contributed by atoms with Crippen LogP contribution in [0.2, 0.25) is 0 Å². The van der Waals surface area contributed by atoms with E-state index in [9.17, 15) is 26.7 Å². The summed E-state index contributed by atoms with van der Waals surface area (Å²) in [6.07, 6.45) is -2.62. The summed E-state index contributed by atoms with van der Waals surface area (Å²) < 4.78 is 62.5. The quantitative estimate of drug-likeness (QED) is 0.704. The molecule has 104 valence electrons. The monoisotopic (exact) mass is 271 g/mol. The molecule has 0 aliphatic heterocycles. The molecule has 0 spiro atoms. The highest BCUT2D eigenvalue weighted by Crippen LogP contribution is 2.40. The molecule has 0 unspecified atom stereocenters. The molecular weight excluding hydrogens is 257 g/mol. The molecule has 0 radical (unpaired) electrons. The van der Waals surface area contributed by atoms with Gasteiger partial charge in [-0.3, -0.25) is 4.79 Å². The third-order valence-electron chi connectivity index (χ3n) is 3.26. The summed E-state index contributed by atoms with van der Waals surface area (Å²) >= 11 is 0. The van der Waals surface area contributed by atoms with Crippen molar-refractivity contribution in [3.63, 3.8) is 0 Å². The van der Waals surface area contributed by atoms with E-state index < -0.39 is 18.0 Å². The standard InChI is InChI=1S/C11H14F5NO/c12-10(13,11(14,15)16)9(18)17(5-7-1-2-7)6-8-3-4-8/h7-8H,1-6H2. The van der Waals surface area contributed by atoms with Crippen molar-refractivity contribution in [3.05, 3.63) is 0 Å². The fourth-order valence-corrected chi connectivity index (χ4v) is 1.78. The second-order valence-electron chi connectivity index (χ2n) is 5.17. The Labute approximate surface area is 101 Å². The molecule has 2 aliphatic carbocycles. The van der Waals surface area contributed by atoms with Crippen LogP contribution in [0.1, 0.15) is 25.7 Å². The molecule has 2 rings (SSSR count). The van der Waals surface area contributed by atoms with Gasteiger partial charge in [-0.25, -0.2) is 0 Å². The molecule has 1 amide bonds. The molecule has 18 heavy (non-hydrogen) atoms. The average molecular weight is 271 g/mol. The second kappa shape index (κ2) is 4.35. The summed E-state index contributed by atoms with van der Waals surface area (Å²) in [5.41, 5.74) is 0. The molecule has 0 saturated heterocycles. The van der Waals surface area contributed by atoms with E-state index >= 15 is 0 Å². The molecule has 0 atom stereocenters. The van der Waals surface area contributed by atoms with Crippen LogP contribution in [0.15, 0.2) is 0 Å². The van der Waals surface area contributed by atoms with Gasteiger partial charge in [0, 0.05) is 13.1 Å². The van der Waals surface area contributed by atoms with E-state index in [0.717, 1.165) is 25.7 Å². The number of halogens is 5. The summed E-state index contributed by atoms with van der Waals surface area (Å²) in [5, 5.41) is 0. The minimum atomic E-state index is -5.81. The predicted octanol–water partition coefficient (Wildman–Crippen LogP) is 2.83. The summed E-state index contributed by atoms with van der Waals surface area (Å²) in [6, 6.07) is 0. The van der Waals surface area contributed by atoms with E-state index in [1.807, 2.05) is 0 Å². The van der Waals surface area contributed by atoms with Gasteiger partial charge in [-0.05, 0) is 37.5 Å². The van der Waals surface area contributed by atoms with Crippen LogP contribution >= 0.6 is 0 Å². The maximum Gasteiger partial charge on any atom is 0.463 e. The zero-order valence-electron chi connectivity index (χ0n) is 9.64. The van der Waals surface area contributed by atoms with Gasteiger partial charge >= 0.3 is 18.0 Å².